The van der Waals surface area contributed by atoms with E-state index in [-0.39, 0.29) is 0 Å². The van der Waals surface area contributed by atoms with Gasteiger partial charge in [-0.3, -0.25) is 0 Å². The van der Waals surface area contributed by atoms with Gasteiger partial charge in [-0.25, -0.2) is 0 Å². The van der Waals surface area contributed by atoms with E-state index < -0.39 is 0 Å². The predicted octanol–water partition coefficient (Wildman–Crippen LogP) is 2.61. The van der Waals surface area contributed by atoms with Crippen molar-refractivity contribution in [2.75, 3.05) is 13.2 Å². The van der Waals surface area contributed by atoms with Crippen LogP contribution >= 0.6 is 0 Å². The molecule has 0 aromatic carbocycles. The molecule has 0 unspecified atom stereocenters. The Morgan fingerprint density at radius 2 is 2.09 bits per heavy atom. The van der Waals surface area contributed by atoms with Crippen LogP contribution in [0.1, 0.15) is 27.2 Å². The first-order chi connectivity index (χ1) is 5.27. The summed E-state index contributed by atoms with van der Waals surface area (Å²) in [6, 6.07) is 0. The standard InChI is InChI=1S/C5H11O.C4H9.Al/c1-3-5-6-4-2;1-4(2)3;/h1,3-5H2,2H3;4H,1H2,2-3H3;/q;;+1. The Labute approximate surface area is 77.2 Å². The van der Waals surface area contributed by atoms with Crippen LogP contribution in [0.15, 0.2) is 0 Å². The second kappa shape index (κ2) is 8.59. The van der Waals surface area contributed by atoms with Crippen LogP contribution in [0.5, 0.6) is 0 Å². The summed E-state index contributed by atoms with van der Waals surface area (Å²) < 4.78 is 5.25. The molecule has 0 spiro atoms. The molecule has 0 aromatic heterocycles. The average Bonchev–Trinajstić information content (AvgIpc) is 1.96. The second-order valence-electron chi connectivity index (χ2n) is 3.26. The van der Waals surface area contributed by atoms with E-state index >= 15 is 0 Å². The van der Waals surface area contributed by atoms with Gasteiger partial charge >= 0.3 is 76.8 Å². The first-order valence-corrected chi connectivity index (χ1v) is 6.30. The second-order valence-corrected chi connectivity index (χ2v) is 4.88. The Balaban J connectivity index is 2.80. The van der Waals surface area contributed by atoms with E-state index in [1.807, 2.05) is 0 Å². The van der Waals surface area contributed by atoms with E-state index in [0.29, 0.717) is 15.2 Å². The van der Waals surface area contributed by atoms with Gasteiger partial charge < -0.3 is 0 Å². The molecular weight excluding hydrogens is 151 g/mol. The fourth-order valence-electron chi connectivity index (χ4n) is 0.925. The quantitative estimate of drug-likeness (QED) is 0.422. The normalized spacial score (nSPS) is 10.2. The molecule has 11 heavy (non-hydrogen) atoms. The molecular formula is C9H20AlO+. The number of hydrogen-bond acceptors (Lipinski definition) is 1. The van der Waals surface area contributed by atoms with Crippen LogP contribution in [0.2, 0.25) is 10.6 Å². The van der Waals surface area contributed by atoms with Crippen LogP contribution in [0.3, 0.4) is 0 Å². The monoisotopic (exact) mass is 171 g/mol. The summed E-state index contributed by atoms with van der Waals surface area (Å²) in [6.45, 7) is 8.51. The molecule has 0 fully saturated rings. The van der Waals surface area contributed by atoms with Gasteiger partial charge in [-0.15, -0.1) is 0 Å². The molecule has 0 saturated carbocycles. The first-order valence-electron chi connectivity index (χ1n) is 4.66. The maximum atomic E-state index is 5.25. The Bertz CT molecular complexity index is 74.0. The molecule has 0 bridgehead atoms. The summed E-state index contributed by atoms with van der Waals surface area (Å²) in [4.78, 5) is 0. The molecule has 0 radical (unpaired) electrons. The predicted molar refractivity (Wildman–Crippen MR) is 51.3 cm³/mol. The van der Waals surface area contributed by atoms with Gasteiger partial charge in [0.05, 0.1) is 0 Å². The molecule has 1 nitrogen and oxygen atoms in total. The molecule has 0 N–H and O–H groups in total. The molecule has 0 heterocycles. The molecule has 0 rings (SSSR count). The van der Waals surface area contributed by atoms with Gasteiger partial charge in [-0.05, 0) is 0 Å². The number of hydrogen-bond donors (Lipinski definition) is 0. The minimum absolute atomic E-state index is 0.700. The van der Waals surface area contributed by atoms with Crippen LogP contribution in [0, 0.1) is 5.92 Å². The van der Waals surface area contributed by atoms with Gasteiger partial charge in [0.25, 0.3) is 0 Å². The molecule has 0 saturated heterocycles. The van der Waals surface area contributed by atoms with Crippen LogP contribution < -0.4 is 0 Å². The van der Waals surface area contributed by atoms with E-state index in [1.54, 1.807) is 0 Å². The van der Waals surface area contributed by atoms with Crippen molar-refractivity contribution < 1.29 is 4.74 Å². The average molecular weight is 171 g/mol. The van der Waals surface area contributed by atoms with E-state index in [1.165, 1.54) is 17.0 Å². The van der Waals surface area contributed by atoms with Gasteiger partial charge in [-0.1, -0.05) is 0 Å². The van der Waals surface area contributed by atoms with Crippen molar-refractivity contribution in [2.45, 2.75) is 37.8 Å². The van der Waals surface area contributed by atoms with Crippen LogP contribution in [0.25, 0.3) is 0 Å². The Morgan fingerprint density at radius 1 is 1.36 bits per heavy atom. The third-order valence-corrected chi connectivity index (χ3v) is 3.63. The Hall–Kier alpha value is 0.492. The van der Waals surface area contributed by atoms with E-state index in [2.05, 4.69) is 20.8 Å². The van der Waals surface area contributed by atoms with Gasteiger partial charge in [0.15, 0.2) is 0 Å². The fourth-order valence-corrected chi connectivity index (χ4v) is 2.28. The summed E-state index contributed by atoms with van der Waals surface area (Å²) in [7, 11) is 0. The molecule has 0 aliphatic carbocycles. The summed E-state index contributed by atoms with van der Waals surface area (Å²) in [5.41, 5.74) is 0. The molecule has 2 heteroatoms. The first kappa shape index (κ1) is 11.5. The molecule has 64 valence electrons. The maximum absolute atomic E-state index is 5.25. The summed E-state index contributed by atoms with van der Waals surface area (Å²) in [5.74, 6) is 0.900. The summed E-state index contributed by atoms with van der Waals surface area (Å²) in [6.07, 6.45) is 1.27. The minimum atomic E-state index is 0.700. The Morgan fingerprint density at radius 3 is 2.64 bits per heavy atom. The summed E-state index contributed by atoms with van der Waals surface area (Å²) in [5, 5.41) is 2.87. The van der Waals surface area contributed by atoms with Gasteiger partial charge in [0.2, 0.25) is 0 Å². The van der Waals surface area contributed by atoms with Crippen LogP contribution in [-0.2, 0) is 4.74 Å². The molecule has 0 aliphatic heterocycles. The van der Waals surface area contributed by atoms with Crippen molar-refractivity contribution in [1.82, 2.24) is 0 Å². The summed E-state index contributed by atoms with van der Waals surface area (Å²) >= 11 is 0.700. The van der Waals surface area contributed by atoms with Gasteiger partial charge in [-0.2, -0.15) is 0 Å². The van der Waals surface area contributed by atoms with Crippen molar-refractivity contribution in [3.05, 3.63) is 0 Å². The molecule has 0 atom stereocenters. The van der Waals surface area contributed by atoms with Crippen molar-refractivity contribution in [3.8, 4) is 0 Å². The van der Waals surface area contributed by atoms with Crippen molar-refractivity contribution in [1.29, 1.82) is 0 Å². The zero-order chi connectivity index (χ0) is 8.53. The molecule has 0 amide bonds. The van der Waals surface area contributed by atoms with Gasteiger partial charge in [0, 0.05) is 0 Å². The van der Waals surface area contributed by atoms with Gasteiger partial charge in [0.1, 0.15) is 0 Å². The number of ether oxygens (including phenoxy) is 1. The number of rotatable bonds is 7. The van der Waals surface area contributed by atoms with Crippen LogP contribution in [-0.4, -0.2) is 28.4 Å². The third kappa shape index (κ3) is 10.5. The zero-order valence-corrected chi connectivity index (χ0v) is 9.25. The van der Waals surface area contributed by atoms with E-state index in [9.17, 15) is 0 Å². The zero-order valence-electron chi connectivity index (χ0n) is 8.10. The Kier molecular flexibility index (Phi) is 8.97. The molecule has 0 aromatic rings. The van der Waals surface area contributed by atoms with Crippen LogP contribution in [0.4, 0.5) is 0 Å². The molecule has 0 aliphatic rings. The van der Waals surface area contributed by atoms with Crippen molar-refractivity contribution >= 4 is 15.2 Å². The van der Waals surface area contributed by atoms with E-state index in [4.69, 9.17) is 4.74 Å². The van der Waals surface area contributed by atoms with Crippen molar-refractivity contribution in [3.63, 3.8) is 0 Å². The topological polar surface area (TPSA) is 9.23 Å². The fraction of sp³-hybridized carbons (Fsp3) is 1.00. The van der Waals surface area contributed by atoms with Crippen molar-refractivity contribution in [2.24, 2.45) is 5.92 Å². The van der Waals surface area contributed by atoms with E-state index in [0.717, 1.165) is 19.1 Å². The SMILES string of the molecule is CCOCC[CH2][Al+][CH2]C(C)C. The third-order valence-electron chi connectivity index (χ3n) is 1.54.